The highest BCUT2D eigenvalue weighted by Gasteiger charge is 2.26. The average molecular weight is 670 g/mol. The fourth-order valence-corrected chi connectivity index (χ4v) is 8.44. The molecule has 0 saturated heterocycles. The number of hydrogen-bond donors (Lipinski definition) is 0. The van der Waals surface area contributed by atoms with Crippen molar-refractivity contribution in [1.29, 1.82) is 0 Å². The second kappa shape index (κ2) is 11.2. The molecule has 0 amide bonds. The van der Waals surface area contributed by atoms with Crippen molar-refractivity contribution in [3.63, 3.8) is 0 Å². The van der Waals surface area contributed by atoms with E-state index in [1.807, 2.05) is 0 Å². The summed E-state index contributed by atoms with van der Waals surface area (Å²) in [5.41, 5.74) is 16.6. The molecule has 0 unspecified atom stereocenters. The summed E-state index contributed by atoms with van der Waals surface area (Å²) in [5, 5.41) is 7.30. The second-order valence-corrected chi connectivity index (χ2v) is 15.6. The van der Waals surface area contributed by atoms with Gasteiger partial charge in [-0.2, -0.15) is 0 Å². The van der Waals surface area contributed by atoms with E-state index in [0.717, 1.165) is 39.0 Å². The van der Waals surface area contributed by atoms with E-state index in [9.17, 15) is 0 Å². The minimum atomic E-state index is -0.0449. The fraction of sp³-hybridized carbons (Fsp3) is 0.120. The van der Waals surface area contributed by atoms with Crippen LogP contribution in [-0.4, -0.2) is 0 Å². The van der Waals surface area contributed by atoms with Crippen molar-refractivity contribution in [2.75, 3.05) is 4.90 Å². The van der Waals surface area contributed by atoms with Crippen LogP contribution in [0.5, 0.6) is 0 Å². The van der Waals surface area contributed by atoms with Gasteiger partial charge in [-0.15, -0.1) is 0 Å². The Bertz CT molecular complexity index is 2880. The first-order valence-corrected chi connectivity index (χ1v) is 18.2. The van der Waals surface area contributed by atoms with E-state index >= 15 is 0 Å². The highest BCUT2D eigenvalue weighted by atomic mass is 16.3. The molecule has 0 N–H and O–H groups in total. The van der Waals surface area contributed by atoms with E-state index < -0.39 is 0 Å². The van der Waals surface area contributed by atoms with Crippen molar-refractivity contribution in [1.82, 2.24) is 0 Å². The van der Waals surface area contributed by atoms with Gasteiger partial charge in [0.25, 0.3) is 0 Å². The number of nitrogens with zero attached hydrogens (tertiary/aromatic N) is 1. The summed E-state index contributed by atoms with van der Waals surface area (Å²) in [4.78, 5) is 2.38. The summed E-state index contributed by atoms with van der Waals surface area (Å²) >= 11 is 0. The molecule has 1 aromatic heterocycles. The highest BCUT2D eigenvalue weighted by Crippen LogP contribution is 2.51. The molecule has 1 aliphatic rings. The van der Waals surface area contributed by atoms with Crippen LogP contribution in [0.2, 0.25) is 0 Å². The third-order valence-electron chi connectivity index (χ3n) is 10.9. The molecule has 1 aliphatic carbocycles. The van der Waals surface area contributed by atoms with Gasteiger partial charge in [0.15, 0.2) is 5.58 Å². The van der Waals surface area contributed by atoms with Crippen LogP contribution in [0.1, 0.15) is 37.5 Å². The Labute approximate surface area is 304 Å². The van der Waals surface area contributed by atoms with Crippen LogP contribution < -0.4 is 4.90 Å². The Morgan fingerprint density at radius 3 is 1.71 bits per heavy atom. The second-order valence-electron chi connectivity index (χ2n) is 15.6. The summed E-state index contributed by atoms with van der Waals surface area (Å²) in [7, 11) is 0. The average Bonchev–Trinajstić information content (AvgIpc) is 3.52. The first-order valence-electron chi connectivity index (χ1n) is 18.2. The van der Waals surface area contributed by atoms with Gasteiger partial charge in [-0.25, -0.2) is 0 Å². The van der Waals surface area contributed by atoms with Crippen LogP contribution in [0, 0.1) is 13.8 Å². The zero-order valence-electron chi connectivity index (χ0n) is 30.2. The molecule has 9 aromatic rings. The molecular formula is C50H39NO. The number of hydrogen-bond acceptors (Lipinski definition) is 2. The van der Waals surface area contributed by atoms with Crippen molar-refractivity contribution < 1.29 is 4.42 Å². The minimum Gasteiger partial charge on any atom is -0.454 e. The van der Waals surface area contributed by atoms with Crippen molar-refractivity contribution in [3.05, 3.63) is 162 Å². The van der Waals surface area contributed by atoms with Gasteiger partial charge in [0.05, 0.1) is 5.69 Å². The monoisotopic (exact) mass is 669 g/mol. The molecule has 10 rings (SSSR count). The van der Waals surface area contributed by atoms with Gasteiger partial charge in [-0.1, -0.05) is 106 Å². The lowest BCUT2D eigenvalue weighted by molar-refractivity contribution is 0.573. The molecule has 1 heterocycles. The molecule has 8 aromatic carbocycles. The molecule has 2 heteroatoms. The van der Waals surface area contributed by atoms with Gasteiger partial charge in [0, 0.05) is 27.7 Å². The van der Waals surface area contributed by atoms with Crippen molar-refractivity contribution in [3.8, 4) is 33.4 Å². The maximum atomic E-state index is 6.92. The summed E-state index contributed by atoms with van der Waals surface area (Å²) in [5.74, 6) is 0. The van der Waals surface area contributed by atoms with Crippen molar-refractivity contribution in [2.45, 2.75) is 40.0 Å². The van der Waals surface area contributed by atoms with E-state index in [1.165, 1.54) is 71.6 Å². The topological polar surface area (TPSA) is 16.4 Å². The zero-order chi connectivity index (χ0) is 35.3. The Morgan fingerprint density at radius 1 is 0.442 bits per heavy atom. The van der Waals surface area contributed by atoms with Gasteiger partial charge in [0.2, 0.25) is 0 Å². The Morgan fingerprint density at radius 2 is 1.04 bits per heavy atom. The zero-order valence-corrected chi connectivity index (χ0v) is 30.2. The number of anilines is 3. The number of aryl methyl sites for hydroxylation is 2. The van der Waals surface area contributed by atoms with E-state index in [1.54, 1.807) is 0 Å². The molecule has 2 nitrogen and oxygen atoms in total. The summed E-state index contributed by atoms with van der Waals surface area (Å²) in [6.07, 6.45) is 0. The molecule has 0 aliphatic heterocycles. The first-order chi connectivity index (χ1) is 25.2. The lowest BCUT2D eigenvalue weighted by Crippen LogP contribution is -2.11. The molecule has 0 atom stereocenters. The number of para-hydroxylation sites is 2. The SMILES string of the molecule is Cc1cc(C)cc(N(c2ccc3cc4c(cc3c2)-c2cc3ccc(-c5ccccc5)cc3cc2-4)c2cccc3c2oc2c(C(C)(C)C)cccc23)c1. The van der Waals surface area contributed by atoms with Gasteiger partial charge >= 0.3 is 0 Å². The lowest BCUT2D eigenvalue weighted by atomic mass is 9.77. The fourth-order valence-electron chi connectivity index (χ4n) is 8.44. The molecule has 0 radical (unpaired) electrons. The molecule has 0 bridgehead atoms. The van der Waals surface area contributed by atoms with E-state index in [2.05, 4.69) is 185 Å². The lowest BCUT2D eigenvalue weighted by Gasteiger charge is -2.28. The highest BCUT2D eigenvalue weighted by molar-refractivity contribution is 6.14. The summed E-state index contributed by atoms with van der Waals surface area (Å²) < 4.78 is 6.92. The van der Waals surface area contributed by atoms with E-state index in [0.29, 0.717) is 0 Å². The number of fused-ring (bicyclic) bond motifs is 9. The maximum Gasteiger partial charge on any atom is 0.159 e. The molecular weight excluding hydrogens is 631 g/mol. The minimum absolute atomic E-state index is 0.0449. The first kappa shape index (κ1) is 30.7. The van der Waals surface area contributed by atoms with Crippen molar-refractivity contribution >= 4 is 60.5 Å². The van der Waals surface area contributed by atoms with Gasteiger partial charge in [-0.3, -0.25) is 0 Å². The van der Waals surface area contributed by atoms with Gasteiger partial charge in [-0.05, 0) is 146 Å². The van der Waals surface area contributed by atoms with E-state index in [4.69, 9.17) is 4.42 Å². The van der Waals surface area contributed by atoms with Crippen LogP contribution in [0.25, 0.3) is 76.9 Å². The number of furan rings is 1. The predicted octanol–water partition coefficient (Wildman–Crippen LogP) is 14.6. The largest absolute Gasteiger partial charge is 0.454 e. The molecule has 52 heavy (non-hydrogen) atoms. The molecule has 0 saturated carbocycles. The van der Waals surface area contributed by atoms with Gasteiger partial charge in [0.1, 0.15) is 5.58 Å². The third kappa shape index (κ3) is 4.78. The van der Waals surface area contributed by atoms with E-state index in [-0.39, 0.29) is 5.41 Å². The summed E-state index contributed by atoms with van der Waals surface area (Å²) in [6.45, 7) is 11.1. The Hall–Kier alpha value is -6.12. The number of rotatable bonds is 4. The molecule has 250 valence electrons. The molecule has 0 fully saturated rings. The van der Waals surface area contributed by atoms with Crippen molar-refractivity contribution in [2.24, 2.45) is 0 Å². The predicted molar refractivity (Wildman–Crippen MR) is 221 cm³/mol. The maximum absolute atomic E-state index is 6.92. The van der Waals surface area contributed by atoms with Crippen LogP contribution >= 0.6 is 0 Å². The van der Waals surface area contributed by atoms with Crippen LogP contribution in [-0.2, 0) is 5.41 Å². The van der Waals surface area contributed by atoms with Crippen LogP contribution in [0.4, 0.5) is 17.1 Å². The molecule has 0 spiro atoms. The van der Waals surface area contributed by atoms with Crippen LogP contribution in [0.15, 0.2) is 150 Å². The third-order valence-corrected chi connectivity index (χ3v) is 10.9. The van der Waals surface area contributed by atoms with Gasteiger partial charge < -0.3 is 9.32 Å². The normalized spacial score (nSPS) is 12.3. The van der Waals surface area contributed by atoms with Crippen LogP contribution in [0.3, 0.4) is 0 Å². The number of benzene rings is 8. The Kier molecular flexibility index (Phi) is 6.60. The quantitative estimate of drug-likeness (QED) is 0.185. The standard InChI is InChI=1S/C50H39NO/c1-30-21-31(2)23-39(22-30)51(47-16-10-14-41-40-13-9-15-46(50(3,4)5)48(40)52-49(41)47)38-20-19-35-27-43-44-28-36-24-33(32-11-7-6-8-12-32)17-18-34(36)26-42(44)45(43)29-37(35)25-38/h6-29H,1-5H3. The summed E-state index contributed by atoms with van der Waals surface area (Å²) in [6, 6.07) is 53.8. The Balaban J connectivity index is 1.12. The smallest absolute Gasteiger partial charge is 0.159 e.